The Bertz CT molecular complexity index is 1120. The van der Waals surface area contributed by atoms with E-state index in [1.807, 2.05) is 35.8 Å². The molecule has 3 rings (SSSR count). The molecule has 0 atom stereocenters. The van der Waals surface area contributed by atoms with Crippen LogP contribution in [0, 0.1) is 11.6 Å². The minimum absolute atomic E-state index is 0.0164. The molecule has 168 valence electrons. The molecule has 0 spiro atoms. The number of halogens is 2. The highest BCUT2D eigenvalue weighted by Crippen LogP contribution is 2.30. The second kappa shape index (κ2) is 10.7. The van der Waals surface area contributed by atoms with Crippen molar-refractivity contribution in [3.05, 3.63) is 54.1 Å². The molecule has 0 bridgehead atoms. The lowest BCUT2D eigenvalue weighted by atomic mass is 10.2. The first-order valence-electron chi connectivity index (χ1n) is 9.64. The van der Waals surface area contributed by atoms with Gasteiger partial charge in [-0.3, -0.25) is 9.59 Å². The number of anilines is 1. The number of nitrogens with one attached hydrogen (secondary N) is 2. The van der Waals surface area contributed by atoms with Crippen LogP contribution in [-0.2, 0) is 16.1 Å². The largest absolute Gasteiger partial charge is 0.496 e. The van der Waals surface area contributed by atoms with E-state index >= 15 is 0 Å². The normalized spacial score (nSPS) is 10.6. The smallest absolute Gasteiger partial charge is 0.243 e. The number of hydrogen-bond donors (Lipinski definition) is 2. The average molecular weight is 461 g/mol. The Morgan fingerprint density at radius 3 is 2.59 bits per heavy atom. The third-order valence-electron chi connectivity index (χ3n) is 4.36. The molecule has 0 radical (unpaired) electrons. The summed E-state index contributed by atoms with van der Waals surface area (Å²) >= 11 is 1.18. The summed E-state index contributed by atoms with van der Waals surface area (Å²) in [5.41, 5.74) is 0.881. The van der Waals surface area contributed by atoms with Crippen molar-refractivity contribution < 1.29 is 23.1 Å². The molecule has 1 aromatic heterocycles. The van der Waals surface area contributed by atoms with Crippen molar-refractivity contribution in [3.63, 3.8) is 0 Å². The first-order chi connectivity index (χ1) is 15.4. The summed E-state index contributed by atoms with van der Waals surface area (Å²) in [4.78, 5) is 24.1. The van der Waals surface area contributed by atoms with Crippen LogP contribution < -0.4 is 15.4 Å². The number of hydrogen-bond acceptors (Lipinski definition) is 6. The van der Waals surface area contributed by atoms with Crippen molar-refractivity contribution >= 4 is 29.3 Å². The van der Waals surface area contributed by atoms with E-state index in [2.05, 4.69) is 20.8 Å². The van der Waals surface area contributed by atoms with E-state index in [-0.39, 0.29) is 23.9 Å². The van der Waals surface area contributed by atoms with Crippen LogP contribution >= 0.6 is 11.8 Å². The van der Waals surface area contributed by atoms with Crippen molar-refractivity contribution in [2.75, 3.05) is 24.7 Å². The zero-order valence-corrected chi connectivity index (χ0v) is 18.2. The number of carbonyl (C=O) groups is 2. The van der Waals surface area contributed by atoms with Gasteiger partial charge in [-0.15, -0.1) is 10.2 Å². The summed E-state index contributed by atoms with van der Waals surface area (Å²) in [5.74, 6) is -1.74. The number of amides is 2. The first-order valence-corrected chi connectivity index (χ1v) is 10.6. The number of ether oxygens (including phenoxy) is 1. The molecule has 0 unspecified atom stereocenters. The van der Waals surface area contributed by atoms with Crippen LogP contribution in [-0.4, -0.2) is 46.0 Å². The van der Waals surface area contributed by atoms with Crippen molar-refractivity contribution in [1.82, 2.24) is 20.1 Å². The zero-order valence-electron chi connectivity index (χ0n) is 17.4. The molecule has 32 heavy (non-hydrogen) atoms. The van der Waals surface area contributed by atoms with Crippen LogP contribution in [0.2, 0.25) is 0 Å². The van der Waals surface area contributed by atoms with E-state index in [0.29, 0.717) is 23.3 Å². The van der Waals surface area contributed by atoms with Gasteiger partial charge < -0.3 is 19.9 Å². The molecule has 1 heterocycles. The number of para-hydroxylation sites is 1. The lowest BCUT2D eigenvalue weighted by Crippen LogP contribution is -2.34. The van der Waals surface area contributed by atoms with Gasteiger partial charge in [-0.25, -0.2) is 8.78 Å². The standard InChI is InChI=1S/C21H21F2N5O3S/c1-3-28-20(14-6-4-5-7-17(14)31-2)26-27-21(28)32-12-19(30)24-11-18(29)25-13-8-9-15(22)16(23)10-13/h4-10H,3,11-12H2,1-2H3,(H,24,30)(H,25,29). The number of benzene rings is 2. The molecule has 2 amide bonds. The summed E-state index contributed by atoms with van der Waals surface area (Å²) in [6, 6.07) is 10.4. The quantitative estimate of drug-likeness (QED) is 0.475. The van der Waals surface area contributed by atoms with Crippen molar-refractivity contribution in [2.24, 2.45) is 0 Å². The zero-order chi connectivity index (χ0) is 23.1. The predicted octanol–water partition coefficient (Wildman–Crippen LogP) is 3.10. The summed E-state index contributed by atoms with van der Waals surface area (Å²) in [7, 11) is 1.58. The molecular weight excluding hydrogens is 440 g/mol. The molecule has 3 aromatic rings. The summed E-state index contributed by atoms with van der Waals surface area (Å²) in [6.07, 6.45) is 0. The van der Waals surface area contributed by atoms with Gasteiger partial charge in [0.2, 0.25) is 11.8 Å². The molecule has 0 saturated carbocycles. The Morgan fingerprint density at radius 1 is 1.09 bits per heavy atom. The lowest BCUT2D eigenvalue weighted by Gasteiger charge is -2.10. The topological polar surface area (TPSA) is 98.1 Å². The van der Waals surface area contributed by atoms with Crippen LogP contribution in [0.15, 0.2) is 47.6 Å². The predicted molar refractivity (Wildman–Crippen MR) is 116 cm³/mol. The maximum absolute atomic E-state index is 13.2. The highest BCUT2D eigenvalue weighted by molar-refractivity contribution is 7.99. The number of thioether (sulfide) groups is 1. The third-order valence-corrected chi connectivity index (χ3v) is 5.33. The van der Waals surface area contributed by atoms with Gasteiger partial charge in [0.05, 0.1) is 25.0 Å². The molecule has 0 aliphatic rings. The lowest BCUT2D eigenvalue weighted by molar-refractivity contribution is -0.122. The number of methoxy groups -OCH3 is 1. The fourth-order valence-electron chi connectivity index (χ4n) is 2.85. The number of nitrogens with zero attached hydrogens (tertiary/aromatic N) is 3. The minimum atomic E-state index is -1.07. The third kappa shape index (κ3) is 5.61. The molecule has 8 nitrogen and oxygen atoms in total. The Labute approximate surface area is 187 Å². The second-order valence-corrected chi connectivity index (χ2v) is 7.44. The minimum Gasteiger partial charge on any atom is -0.496 e. The molecule has 0 fully saturated rings. The number of carbonyl (C=O) groups excluding carboxylic acids is 2. The van der Waals surface area contributed by atoms with Crippen LogP contribution in [0.1, 0.15) is 6.92 Å². The van der Waals surface area contributed by atoms with E-state index in [9.17, 15) is 18.4 Å². The van der Waals surface area contributed by atoms with E-state index < -0.39 is 17.5 Å². The van der Waals surface area contributed by atoms with Gasteiger partial charge in [0.15, 0.2) is 22.6 Å². The summed E-state index contributed by atoms with van der Waals surface area (Å²) in [6.45, 7) is 2.21. The van der Waals surface area contributed by atoms with Gasteiger partial charge >= 0.3 is 0 Å². The molecule has 0 saturated heterocycles. The molecule has 2 aromatic carbocycles. The van der Waals surface area contributed by atoms with Crippen LogP contribution in [0.3, 0.4) is 0 Å². The van der Waals surface area contributed by atoms with Gasteiger partial charge in [0, 0.05) is 18.3 Å². The van der Waals surface area contributed by atoms with Crippen LogP contribution in [0.5, 0.6) is 5.75 Å². The van der Waals surface area contributed by atoms with Gasteiger partial charge in [0.25, 0.3) is 0 Å². The van der Waals surface area contributed by atoms with Crippen LogP contribution in [0.4, 0.5) is 14.5 Å². The van der Waals surface area contributed by atoms with E-state index in [1.165, 1.54) is 17.8 Å². The second-order valence-electron chi connectivity index (χ2n) is 6.49. The monoisotopic (exact) mass is 461 g/mol. The highest BCUT2D eigenvalue weighted by Gasteiger charge is 2.17. The Hall–Kier alpha value is -3.47. The molecule has 0 aliphatic heterocycles. The molecule has 11 heteroatoms. The summed E-state index contributed by atoms with van der Waals surface area (Å²) < 4.78 is 33.4. The van der Waals surface area contributed by atoms with E-state index in [4.69, 9.17) is 4.74 Å². The van der Waals surface area contributed by atoms with Crippen molar-refractivity contribution in [1.29, 1.82) is 0 Å². The maximum atomic E-state index is 13.2. The Balaban J connectivity index is 1.55. The maximum Gasteiger partial charge on any atom is 0.243 e. The number of rotatable bonds is 9. The van der Waals surface area contributed by atoms with Crippen molar-refractivity contribution in [2.45, 2.75) is 18.6 Å². The highest BCUT2D eigenvalue weighted by atomic mass is 32.2. The SMILES string of the molecule is CCn1c(SCC(=O)NCC(=O)Nc2ccc(F)c(F)c2)nnc1-c1ccccc1OC. The number of aromatic nitrogens is 3. The van der Waals surface area contributed by atoms with E-state index in [0.717, 1.165) is 17.7 Å². The fraction of sp³-hybridized carbons (Fsp3) is 0.238. The first kappa shape index (κ1) is 23.2. The van der Waals surface area contributed by atoms with Gasteiger partial charge in [-0.1, -0.05) is 23.9 Å². The van der Waals surface area contributed by atoms with Gasteiger partial charge in [0.1, 0.15) is 5.75 Å². The molecule has 0 aliphatic carbocycles. The summed E-state index contributed by atoms with van der Waals surface area (Å²) in [5, 5.41) is 13.8. The van der Waals surface area contributed by atoms with Crippen molar-refractivity contribution in [3.8, 4) is 17.1 Å². The average Bonchev–Trinajstić information content (AvgIpc) is 3.21. The van der Waals surface area contributed by atoms with Crippen LogP contribution in [0.25, 0.3) is 11.4 Å². The van der Waals surface area contributed by atoms with Gasteiger partial charge in [-0.2, -0.15) is 0 Å². The fourth-order valence-corrected chi connectivity index (χ4v) is 3.68. The molecular formula is C21H21F2N5O3S. The Kier molecular flexibility index (Phi) is 7.77. The molecule has 2 N–H and O–H groups in total. The van der Waals surface area contributed by atoms with E-state index in [1.54, 1.807) is 7.11 Å². The Morgan fingerprint density at radius 2 is 1.88 bits per heavy atom. The van der Waals surface area contributed by atoms with Gasteiger partial charge in [-0.05, 0) is 31.2 Å².